The lowest BCUT2D eigenvalue weighted by molar-refractivity contribution is 0.980. The van der Waals surface area contributed by atoms with Gasteiger partial charge in [-0.1, -0.05) is 218 Å². The third kappa shape index (κ3) is 6.78. The highest BCUT2D eigenvalue weighted by Gasteiger charge is 2.23. The van der Waals surface area contributed by atoms with E-state index in [0.717, 1.165) is 83.9 Å². The van der Waals surface area contributed by atoms with E-state index in [0.29, 0.717) is 0 Å². The SMILES string of the molecule is c1ccc(-c2cc(-c3ccc(-c4ccc(-c5cccc6cc(-c7ccccc7)n7nc(-c8ccccc8)c(-c8ccccc8)c7c56)cc4)cc3)cc(-c3ccccc3)n2)cc1. The Morgan fingerprint density at radius 3 is 1.28 bits per heavy atom. The normalized spacial score (nSPS) is 11.3. The molecule has 8 aromatic carbocycles. The van der Waals surface area contributed by atoms with Crippen LogP contribution in [0.4, 0.5) is 0 Å². The lowest BCUT2D eigenvalue weighted by Gasteiger charge is -2.15. The standard InChI is InChI=1S/C58H39N3/c1-6-17-44(18-7-1)52-37-50(38-53(59-52)45-19-8-2-9-20-45)42-31-29-40(30-32-42)41-33-35-43(36-34-41)51-28-16-27-49-39-54(46-21-10-3-11-22-46)61-58(55(49)51)56(47-23-12-4-13-24-47)57(60-61)48-25-14-5-15-26-48/h1-39H. The Morgan fingerprint density at radius 2 is 0.754 bits per heavy atom. The smallest absolute Gasteiger partial charge is 0.101 e. The monoisotopic (exact) mass is 777 g/mol. The first-order valence-corrected chi connectivity index (χ1v) is 20.7. The summed E-state index contributed by atoms with van der Waals surface area (Å²) in [5.74, 6) is 0. The van der Waals surface area contributed by atoms with E-state index in [1.807, 2.05) is 12.1 Å². The van der Waals surface area contributed by atoms with Gasteiger partial charge in [0.15, 0.2) is 0 Å². The van der Waals surface area contributed by atoms with Crippen LogP contribution in [0, 0.1) is 0 Å². The topological polar surface area (TPSA) is 30.2 Å². The minimum absolute atomic E-state index is 0.960. The molecule has 0 spiro atoms. The van der Waals surface area contributed by atoms with Crippen molar-refractivity contribution in [2.24, 2.45) is 0 Å². The first-order chi connectivity index (χ1) is 30.2. The fourth-order valence-electron chi connectivity index (χ4n) is 8.63. The summed E-state index contributed by atoms with van der Waals surface area (Å²) in [6.45, 7) is 0. The highest BCUT2D eigenvalue weighted by atomic mass is 15.2. The van der Waals surface area contributed by atoms with Gasteiger partial charge in [0.25, 0.3) is 0 Å². The molecule has 61 heavy (non-hydrogen) atoms. The maximum absolute atomic E-state index is 5.46. The van der Waals surface area contributed by atoms with Crippen molar-refractivity contribution in [3.8, 4) is 89.5 Å². The van der Waals surface area contributed by atoms with Crippen LogP contribution in [0.25, 0.3) is 106 Å². The third-order valence-corrected chi connectivity index (χ3v) is 11.6. The van der Waals surface area contributed by atoms with E-state index in [1.54, 1.807) is 0 Å². The summed E-state index contributed by atoms with van der Waals surface area (Å²) in [5, 5.41) is 7.80. The van der Waals surface area contributed by atoms with Crippen LogP contribution in [0.5, 0.6) is 0 Å². The second-order valence-corrected chi connectivity index (χ2v) is 15.4. The zero-order chi connectivity index (χ0) is 40.5. The zero-order valence-electron chi connectivity index (χ0n) is 33.4. The number of hydrogen-bond donors (Lipinski definition) is 0. The molecule has 0 aliphatic heterocycles. The molecule has 0 N–H and O–H groups in total. The molecule has 3 heterocycles. The van der Waals surface area contributed by atoms with Crippen molar-refractivity contribution in [2.75, 3.05) is 0 Å². The minimum Gasteiger partial charge on any atom is -0.248 e. The van der Waals surface area contributed by atoms with Gasteiger partial charge in [-0.05, 0) is 62.5 Å². The molecule has 0 saturated heterocycles. The first kappa shape index (κ1) is 36.0. The minimum atomic E-state index is 0.960. The number of benzene rings is 8. The Morgan fingerprint density at radius 1 is 0.311 bits per heavy atom. The second-order valence-electron chi connectivity index (χ2n) is 15.4. The predicted octanol–water partition coefficient (Wildman–Crippen LogP) is 15.2. The molecule has 0 radical (unpaired) electrons. The zero-order valence-corrected chi connectivity index (χ0v) is 33.4. The molecular weight excluding hydrogens is 739 g/mol. The summed E-state index contributed by atoms with van der Waals surface area (Å²) in [4.78, 5) is 5.08. The van der Waals surface area contributed by atoms with Gasteiger partial charge in [0, 0.05) is 33.2 Å². The van der Waals surface area contributed by atoms with Gasteiger partial charge in [0.05, 0.1) is 22.6 Å². The van der Waals surface area contributed by atoms with Crippen molar-refractivity contribution in [3.05, 3.63) is 237 Å². The van der Waals surface area contributed by atoms with Crippen LogP contribution in [-0.2, 0) is 0 Å². The average molecular weight is 778 g/mol. The van der Waals surface area contributed by atoms with Crippen LogP contribution in [0.3, 0.4) is 0 Å². The molecule has 11 aromatic rings. The van der Waals surface area contributed by atoms with Gasteiger partial charge < -0.3 is 0 Å². The number of nitrogens with zero attached hydrogens (tertiary/aromatic N) is 3. The molecule has 3 heteroatoms. The van der Waals surface area contributed by atoms with Crippen LogP contribution in [-0.4, -0.2) is 14.6 Å². The number of pyridine rings is 2. The van der Waals surface area contributed by atoms with E-state index in [2.05, 4.69) is 229 Å². The van der Waals surface area contributed by atoms with Gasteiger partial charge >= 0.3 is 0 Å². The molecule has 0 aliphatic rings. The largest absolute Gasteiger partial charge is 0.248 e. The van der Waals surface area contributed by atoms with Crippen molar-refractivity contribution in [2.45, 2.75) is 0 Å². The molecule has 3 nitrogen and oxygen atoms in total. The molecule has 0 saturated carbocycles. The van der Waals surface area contributed by atoms with Crippen molar-refractivity contribution in [1.29, 1.82) is 0 Å². The first-order valence-electron chi connectivity index (χ1n) is 20.7. The highest BCUT2D eigenvalue weighted by Crippen LogP contribution is 2.44. The molecule has 0 aliphatic carbocycles. The van der Waals surface area contributed by atoms with E-state index in [9.17, 15) is 0 Å². The Kier molecular flexibility index (Phi) is 9.18. The van der Waals surface area contributed by atoms with Gasteiger partial charge in [-0.25, -0.2) is 9.50 Å². The molecule has 0 unspecified atom stereocenters. The third-order valence-electron chi connectivity index (χ3n) is 11.6. The van der Waals surface area contributed by atoms with E-state index in [4.69, 9.17) is 10.1 Å². The number of hydrogen-bond acceptors (Lipinski definition) is 2. The van der Waals surface area contributed by atoms with Gasteiger partial charge in [0.1, 0.15) is 5.69 Å². The molecule has 3 aromatic heterocycles. The van der Waals surface area contributed by atoms with Crippen LogP contribution in [0.1, 0.15) is 0 Å². The van der Waals surface area contributed by atoms with Crippen LogP contribution < -0.4 is 0 Å². The molecule has 0 amide bonds. The van der Waals surface area contributed by atoms with Gasteiger partial charge in [-0.15, -0.1) is 0 Å². The molecule has 0 fully saturated rings. The Labute approximate surface area is 355 Å². The molecule has 11 rings (SSSR count). The lowest BCUT2D eigenvalue weighted by Crippen LogP contribution is -1.97. The maximum atomic E-state index is 5.46. The van der Waals surface area contributed by atoms with Crippen LogP contribution in [0.15, 0.2) is 237 Å². The second kappa shape index (κ2) is 15.6. The van der Waals surface area contributed by atoms with Gasteiger partial charge in [0.2, 0.25) is 0 Å². The van der Waals surface area contributed by atoms with Crippen LogP contribution >= 0.6 is 0 Å². The van der Waals surface area contributed by atoms with E-state index < -0.39 is 0 Å². The lowest BCUT2D eigenvalue weighted by atomic mass is 9.92. The number of fused-ring (bicyclic) bond motifs is 3. The maximum Gasteiger partial charge on any atom is 0.101 e. The summed E-state index contributed by atoms with van der Waals surface area (Å²) in [6, 6.07) is 84.0. The summed E-state index contributed by atoms with van der Waals surface area (Å²) in [7, 11) is 0. The van der Waals surface area contributed by atoms with E-state index in [-0.39, 0.29) is 0 Å². The quantitative estimate of drug-likeness (QED) is 0.154. The highest BCUT2D eigenvalue weighted by molar-refractivity contribution is 6.14. The van der Waals surface area contributed by atoms with Crippen molar-refractivity contribution in [3.63, 3.8) is 0 Å². The molecule has 286 valence electrons. The van der Waals surface area contributed by atoms with E-state index >= 15 is 0 Å². The van der Waals surface area contributed by atoms with Gasteiger partial charge in [-0.3, -0.25) is 0 Å². The van der Waals surface area contributed by atoms with Crippen LogP contribution in [0.2, 0.25) is 0 Å². The van der Waals surface area contributed by atoms with Crippen molar-refractivity contribution >= 4 is 16.3 Å². The number of rotatable bonds is 8. The van der Waals surface area contributed by atoms with Gasteiger partial charge in [-0.2, -0.15) is 5.10 Å². The van der Waals surface area contributed by atoms with Crippen molar-refractivity contribution in [1.82, 2.24) is 14.6 Å². The fraction of sp³-hybridized carbons (Fsp3) is 0. The van der Waals surface area contributed by atoms with Crippen molar-refractivity contribution < 1.29 is 0 Å². The van der Waals surface area contributed by atoms with E-state index in [1.165, 1.54) is 21.9 Å². The summed E-state index contributed by atoms with van der Waals surface area (Å²) >= 11 is 0. The molecular formula is C58H39N3. The Bertz CT molecular complexity index is 3230. The Hall–Kier alpha value is -8.14. The number of aromatic nitrogens is 3. The predicted molar refractivity (Wildman–Crippen MR) is 254 cm³/mol. The fourth-order valence-corrected chi connectivity index (χ4v) is 8.63. The average Bonchev–Trinajstić information content (AvgIpc) is 3.76. The summed E-state index contributed by atoms with van der Waals surface area (Å²) in [5.41, 5.74) is 18.6. The summed E-state index contributed by atoms with van der Waals surface area (Å²) < 4.78 is 2.18. The summed E-state index contributed by atoms with van der Waals surface area (Å²) in [6.07, 6.45) is 0. The molecule has 0 bridgehead atoms. The Balaban J connectivity index is 1.02. The molecule has 0 atom stereocenters.